The molecule has 0 N–H and O–H groups in total. The van der Waals surface area contributed by atoms with Gasteiger partial charge in [0.15, 0.2) is 0 Å². The summed E-state index contributed by atoms with van der Waals surface area (Å²) >= 11 is 0. The Hall–Kier alpha value is -1.58. The summed E-state index contributed by atoms with van der Waals surface area (Å²) in [6.07, 6.45) is 3.17. The average molecular weight is 150 g/mol. The maximum Gasteiger partial charge on any atom is 0.290 e. The van der Waals surface area contributed by atoms with E-state index in [0.29, 0.717) is 5.56 Å². The van der Waals surface area contributed by atoms with Gasteiger partial charge in [0.25, 0.3) is 5.91 Å². The van der Waals surface area contributed by atoms with Crippen LogP contribution < -0.4 is 0 Å². The fourth-order valence-electron chi connectivity index (χ4n) is 0.710. The lowest BCUT2D eigenvalue weighted by Crippen LogP contribution is -1.97. The van der Waals surface area contributed by atoms with E-state index in [1.165, 1.54) is 6.20 Å². The topological polar surface area (TPSA) is 59.4 Å². The van der Waals surface area contributed by atoms with Crippen molar-refractivity contribution < 1.29 is 4.79 Å². The summed E-state index contributed by atoms with van der Waals surface area (Å²) in [6.45, 7) is 0. The van der Waals surface area contributed by atoms with Crippen molar-refractivity contribution in [3.63, 3.8) is 0 Å². The van der Waals surface area contributed by atoms with Gasteiger partial charge < -0.3 is 0 Å². The summed E-state index contributed by atoms with van der Waals surface area (Å²) in [6, 6.07) is 3.42. The Labute approximate surface area is 63.2 Å². The predicted molar refractivity (Wildman–Crippen MR) is 38.7 cm³/mol. The highest BCUT2D eigenvalue weighted by Crippen LogP contribution is 1.97. The van der Waals surface area contributed by atoms with E-state index in [-0.39, 0.29) is 6.42 Å². The molecule has 1 aromatic rings. The Morgan fingerprint density at radius 2 is 2.45 bits per heavy atom. The molecule has 0 radical (unpaired) electrons. The minimum absolute atomic E-state index is 0.0390. The van der Waals surface area contributed by atoms with Crippen molar-refractivity contribution >= 4 is 5.91 Å². The van der Waals surface area contributed by atoms with E-state index < -0.39 is 5.91 Å². The van der Waals surface area contributed by atoms with Crippen LogP contribution in [0, 0.1) is 4.91 Å². The van der Waals surface area contributed by atoms with Gasteiger partial charge in [-0.15, -0.1) is 4.91 Å². The zero-order valence-corrected chi connectivity index (χ0v) is 5.73. The summed E-state index contributed by atoms with van der Waals surface area (Å²) in [4.78, 5) is 23.9. The van der Waals surface area contributed by atoms with Gasteiger partial charge in [-0.3, -0.25) is 9.78 Å². The van der Waals surface area contributed by atoms with E-state index in [2.05, 4.69) is 10.2 Å². The SMILES string of the molecule is O=NC(=O)Cc1cccnc1. The largest absolute Gasteiger partial charge is 0.290 e. The van der Waals surface area contributed by atoms with Gasteiger partial charge >= 0.3 is 0 Å². The fourth-order valence-corrected chi connectivity index (χ4v) is 0.710. The third kappa shape index (κ3) is 2.25. The lowest BCUT2D eigenvalue weighted by atomic mass is 10.2. The zero-order chi connectivity index (χ0) is 8.10. The van der Waals surface area contributed by atoms with Crippen LogP contribution in [0.4, 0.5) is 0 Å². The van der Waals surface area contributed by atoms with E-state index in [1.807, 2.05) is 0 Å². The van der Waals surface area contributed by atoms with Gasteiger partial charge in [-0.05, 0) is 11.6 Å². The number of hydrogen-bond acceptors (Lipinski definition) is 3. The third-order valence-electron chi connectivity index (χ3n) is 1.18. The molecule has 0 bridgehead atoms. The average Bonchev–Trinajstić information content (AvgIpc) is 2.06. The highest BCUT2D eigenvalue weighted by molar-refractivity contribution is 5.78. The molecule has 0 spiro atoms. The molecule has 1 amide bonds. The second kappa shape index (κ2) is 3.55. The smallest absolute Gasteiger partial charge is 0.269 e. The van der Waals surface area contributed by atoms with Crippen molar-refractivity contribution in [2.24, 2.45) is 5.18 Å². The van der Waals surface area contributed by atoms with Crippen LogP contribution >= 0.6 is 0 Å². The van der Waals surface area contributed by atoms with Gasteiger partial charge in [0.05, 0.1) is 6.42 Å². The van der Waals surface area contributed by atoms with Gasteiger partial charge in [-0.1, -0.05) is 6.07 Å². The first-order chi connectivity index (χ1) is 5.33. The van der Waals surface area contributed by atoms with Crippen molar-refractivity contribution in [1.29, 1.82) is 0 Å². The highest BCUT2D eigenvalue weighted by atomic mass is 16.3. The second-order valence-electron chi connectivity index (χ2n) is 2.02. The minimum Gasteiger partial charge on any atom is -0.269 e. The fraction of sp³-hybridized carbons (Fsp3) is 0.143. The van der Waals surface area contributed by atoms with Crippen molar-refractivity contribution in [3.8, 4) is 0 Å². The monoisotopic (exact) mass is 150 g/mol. The number of carbonyl (C=O) groups excluding carboxylic acids is 1. The van der Waals surface area contributed by atoms with Gasteiger partial charge in [-0.25, -0.2) is 0 Å². The minimum atomic E-state index is -0.669. The molecular formula is C7H6N2O2. The van der Waals surface area contributed by atoms with Gasteiger partial charge in [0.1, 0.15) is 0 Å². The molecule has 0 aliphatic carbocycles. The molecule has 0 fully saturated rings. The Kier molecular flexibility index (Phi) is 2.43. The molecule has 0 aromatic carbocycles. The number of nitroso groups, excluding NO2 is 1. The Balaban J connectivity index is 2.65. The Morgan fingerprint density at radius 3 is 3.00 bits per heavy atom. The maximum absolute atomic E-state index is 10.5. The molecule has 0 saturated heterocycles. The van der Waals surface area contributed by atoms with E-state index in [0.717, 1.165) is 0 Å². The number of nitrogens with zero attached hydrogens (tertiary/aromatic N) is 2. The van der Waals surface area contributed by atoms with E-state index in [9.17, 15) is 9.70 Å². The van der Waals surface area contributed by atoms with Crippen molar-refractivity contribution in [3.05, 3.63) is 35.0 Å². The van der Waals surface area contributed by atoms with Crippen molar-refractivity contribution in [2.45, 2.75) is 6.42 Å². The molecule has 0 atom stereocenters. The number of pyridine rings is 1. The first-order valence-electron chi connectivity index (χ1n) is 3.08. The third-order valence-corrected chi connectivity index (χ3v) is 1.18. The van der Waals surface area contributed by atoms with Gasteiger partial charge in [0, 0.05) is 17.6 Å². The highest BCUT2D eigenvalue weighted by Gasteiger charge is 2.01. The molecule has 11 heavy (non-hydrogen) atoms. The quantitative estimate of drug-likeness (QED) is 0.589. The second-order valence-corrected chi connectivity index (χ2v) is 2.02. The molecule has 1 heterocycles. The van der Waals surface area contributed by atoms with Crippen LogP contribution in [0.2, 0.25) is 0 Å². The molecule has 4 nitrogen and oxygen atoms in total. The molecule has 0 aliphatic heterocycles. The molecular weight excluding hydrogens is 144 g/mol. The first kappa shape index (κ1) is 7.53. The van der Waals surface area contributed by atoms with Crippen LogP contribution in [-0.4, -0.2) is 10.9 Å². The Morgan fingerprint density at radius 1 is 1.64 bits per heavy atom. The molecule has 0 aliphatic rings. The number of carbonyl (C=O) groups is 1. The van der Waals surface area contributed by atoms with Crippen molar-refractivity contribution in [2.75, 3.05) is 0 Å². The van der Waals surface area contributed by atoms with Crippen LogP contribution in [0.1, 0.15) is 5.56 Å². The van der Waals surface area contributed by atoms with Crippen LogP contribution in [0.25, 0.3) is 0 Å². The van der Waals surface area contributed by atoms with Crippen LogP contribution in [0.5, 0.6) is 0 Å². The molecule has 4 heteroatoms. The number of aromatic nitrogens is 1. The number of rotatable bonds is 2. The molecule has 0 unspecified atom stereocenters. The van der Waals surface area contributed by atoms with E-state index in [1.54, 1.807) is 18.3 Å². The van der Waals surface area contributed by atoms with Crippen LogP contribution in [0.3, 0.4) is 0 Å². The molecule has 0 saturated carbocycles. The van der Waals surface area contributed by atoms with Gasteiger partial charge in [-0.2, -0.15) is 0 Å². The predicted octanol–water partition coefficient (Wildman–Crippen LogP) is 0.917. The molecule has 1 aromatic heterocycles. The maximum atomic E-state index is 10.5. The molecule has 1 rings (SSSR count). The first-order valence-corrected chi connectivity index (χ1v) is 3.08. The normalized spacial score (nSPS) is 9.09. The van der Waals surface area contributed by atoms with Gasteiger partial charge in [0.2, 0.25) is 0 Å². The Bertz CT molecular complexity index is 258. The summed E-state index contributed by atoms with van der Waals surface area (Å²) in [5.74, 6) is -0.669. The van der Waals surface area contributed by atoms with Crippen LogP contribution in [-0.2, 0) is 11.2 Å². The zero-order valence-electron chi connectivity index (χ0n) is 5.73. The lowest BCUT2D eigenvalue weighted by molar-refractivity contribution is -0.117. The number of hydrogen-bond donors (Lipinski definition) is 0. The molecule has 56 valence electrons. The van der Waals surface area contributed by atoms with E-state index >= 15 is 0 Å². The van der Waals surface area contributed by atoms with Crippen LogP contribution in [0.15, 0.2) is 29.7 Å². The van der Waals surface area contributed by atoms with Crippen molar-refractivity contribution in [1.82, 2.24) is 4.98 Å². The standard InChI is InChI=1S/C7H6N2O2/c10-7(9-11)4-6-2-1-3-8-5-6/h1-3,5H,4H2. The summed E-state index contributed by atoms with van der Waals surface area (Å²) in [5, 5.41) is 2.27. The summed E-state index contributed by atoms with van der Waals surface area (Å²) in [5.41, 5.74) is 0.706. The van der Waals surface area contributed by atoms with E-state index in [4.69, 9.17) is 0 Å². The summed E-state index contributed by atoms with van der Waals surface area (Å²) in [7, 11) is 0. The lowest BCUT2D eigenvalue weighted by Gasteiger charge is -1.91. The number of amides is 1. The summed E-state index contributed by atoms with van der Waals surface area (Å²) < 4.78 is 0.